The Balaban J connectivity index is 2.28. The summed E-state index contributed by atoms with van der Waals surface area (Å²) in [4.78, 5) is 7.80. The molecule has 0 spiro atoms. The van der Waals surface area contributed by atoms with Gasteiger partial charge in [-0.1, -0.05) is 6.92 Å². The molecule has 0 saturated heterocycles. The molecule has 4 nitrogen and oxygen atoms in total. The first-order chi connectivity index (χ1) is 7.31. The summed E-state index contributed by atoms with van der Waals surface area (Å²) >= 11 is 0. The van der Waals surface area contributed by atoms with Crippen LogP contribution in [-0.2, 0) is 0 Å². The van der Waals surface area contributed by atoms with Crippen molar-refractivity contribution >= 4 is 0 Å². The average Bonchev–Trinajstić information content (AvgIpc) is 2.78. The lowest BCUT2D eigenvalue weighted by molar-refractivity contribution is 0.147. The number of aromatic nitrogens is 2. The van der Waals surface area contributed by atoms with Crippen LogP contribution in [0.25, 0.3) is 11.3 Å². The van der Waals surface area contributed by atoms with E-state index in [4.69, 9.17) is 4.42 Å². The van der Waals surface area contributed by atoms with Gasteiger partial charge in [-0.3, -0.25) is 0 Å². The predicted molar refractivity (Wildman–Crippen MR) is 55.0 cm³/mol. The van der Waals surface area contributed by atoms with Crippen LogP contribution in [0.4, 0.5) is 0 Å². The smallest absolute Gasteiger partial charge is 0.137 e. The Hall–Kier alpha value is -1.68. The van der Waals surface area contributed by atoms with Gasteiger partial charge in [-0.15, -0.1) is 0 Å². The number of nitrogens with zero attached hydrogens (tertiary/aromatic N) is 2. The van der Waals surface area contributed by atoms with Crippen molar-refractivity contribution < 1.29 is 9.52 Å². The first kappa shape index (κ1) is 9.86. The minimum Gasteiger partial charge on any atom is -0.458 e. The molecule has 0 amide bonds. The van der Waals surface area contributed by atoms with Crippen LogP contribution in [0.5, 0.6) is 0 Å². The molecule has 0 saturated carbocycles. The standard InChI is InChI=1S/C11H12N2O2/c1-2-9(14)11-4-3-10(15-11)8-5-12-7-13-6-8/h3-7,9,14H,2H2,1H3. The molecular formula is C11H12N2O2. The van der Waals surface area contributed by atoms with Crippen LogP contribution < -0.4 is 0 Å². The van der Waals surface area contributed by atoms with Crippen molar-refractivity contribution in [3.8, 4) is 11.3 Å². The van der Waals surface area contributed by atoms with Crippen molar-refractivity contribution in [3.63, 3.8) is 0 Å². The van der Waals surface area contributed by atoms with Crippen LogP contribution in [0.3, 0.4) is 0 Å². The van der Waals surface area contributed by atoms with Crippen LogP contribution in [0.1, 0.15) is 25.2 Å². The largest absolute Gasteiger partial charge is 0.458 e. The number of aliphatic hydroxyl groups excluding tert-OH is 1. The highest BCUT2D eigenvalue weighted by atomic mass is 16.4. The van der Waals surface area contributed by atoms with Crippen LogP contribution in [0.2, 0.25) is 0 Å². The fraction of sp³-hybridized carbons (Fsp3) is 0.273. The summed E-state index contributed by atoms with van der Waals surface area (Å²) in [5.74, 6) is 1.26. The molecule has 1 unspecified atom stereocenters. The highest BCUT2D eigenvalue weighted by molar-refractivity contribution is 5.54. The zero-order chi connectivity index (χ0) is 10.7. The molecular weight excluding hydrogens is 192 g/mol. The summed E-state index contributed by atoms with van der Waals surface area (Å²) in [5, 5.41) is 9.56. The van der Waals surface area contributed by atoms with Gasteiger partial charge in [-0.25, -0.2) is 9.97 Å². The van der Waals surface area contributed by atoms with Crippen LogP contribution >= 0.6 is 0 Å². The zero-order valence-corrected chi connectivity index (χ0v) is 8.42. The third-order valence-electron chi connectivity index (χ3n) is 2.19. The molecule has 0 bridgehead atoms. The van der Waals surface area contributed by atoms with Gasteiger partial charge < -0.3 is 9.52 Å². The molecule has 15 heavy (non-hydrogen) atoms. The summed E-state index contributed by atoms with van der Waals surface area (Å²) in [7, 11) is 0. The van der Waals surface area contributed by atoms with Crippen molar-refractivity contribution in [3.05, 3.63) is 36.6 Å². The number of rotatable bonds is 3. The topological polar surface area (TPSA) is 59.2 Å². The van der Waals surface area contributed by atoms with Gasteiger partial charge in [0.15, 0.2) is 0 Å². The van der Waals surface area contributed by atoms with Gasteiger partial charge in [0.1, 0.15) is 24.0 Å². The van der Waals surface area contributed by atoms with E-state index in [-0.39, 0.29) is 0 Å². The van der Waals surface area contributed by atoms with E-state index in [0.717, 1.165) is 5.56 Å². The molecule has 2 heterocycles. The second kappa shape index (κ2) is 4.23. The molecule has 0 aromatic carbocycles. The summed E-state index contributed by atoms with van der Waals surface area (Å²) in [5.41, 5.74) is 0.812. The maximum atomic E-state index is 9.56. The lowest BCUT2D eigenvalue weighted by atomic mass is 10.2. The Labute approximate surface area is 87.6 Å². The first-order valence-corrected chi connectivity index (χ1v) is 4.84. The summed E-state index contributed by atoms with van der Waals surface area (Å²) < 4.78 is 5.49. The van der Waals surface area contributed by atoms with Crippen LogP contribution in [0, 0.1) is 0 Å². The SMILES string of the molecule is CCC(O)c1ccc(-c2cncnc2)o1. The van der Waals surface area contributed by atoms with E-state index in [2.05, 4.69) is 9.97 Å². The van der Waals surface area contributed by atoms with E-state index in [1.807, 2.05) is 13.0 Å². The molecule has 2 aromatic heterocycles. The van der Waals surface area contributed by atoms with Gasteiger partial charge in [0.2, 0.25) is 0 Å². The van der Waals surface area contributed by atoms with E-state index in [1.54, 1.807) is 18.5 Å². The Morgan fingerprint density at radius 3 is 2.73 bits per heavy atom. The number of aliphatic hydroxyl groups is 1. The van der Waals surface area contributed by atoms with E-state index in [9.17, 15) is 5.11 Å². The van der Waals surface area contributed by atoms with Gasteiger partial charge in [0.25, 0.3) is 0 Å². The van der Waals surface area contributed by atoms with E-state index in [0.29, 0.717) is 17.9 Å². The Kier molecular flexibility index (Phi) is 2.78. The molecule has 4 heteroatoms. The number of hydrogen-bond acceptors (Lipinski definition) is 4. The maximum Gasteiger partial charge on any atom is 0.137 e. The van der Waals surface area contributed by atoms with Gasteiger partial charge in [0.05, 0.1) is 5.56 Å². The molecule has 2 rings (SSSR count). The summed E-state index contributed by atoms with van der Waals surface area (Å²) in [6.07, 6.45) is 4.91. The highest BCUT2D eigenvalue weighted by Crippen LogP contribution is 2.25. The lowest BCUT2D eigenvalue weighted by Gasteiger charge is -2.02. The molecule has 0 fully saturated rings. The van der Waals surface area contributed by atoms with Gasteiger partial charge in [-0.2, -0.15) is 0 Å². The molecule has 0 aliphatic heterocycles. The average molecular weight is 204 g/mol. The highest BCUT2D eigenvalue weighted by Gasteiger charge is 2.11. The van der Waals surface area contributed by atoms with Crippen molar-refractivity contribution in [2.24, 2.45) is 0 Å². The quantitative estimate of drug-likeness (QED) is 0.832. The van der Waals surface area contributed by atoms with Crippen LogP contribution in [-0.4, -0.2) is 15.1 Å². The first-order valence-electron chi connectivity index (χ1n) is 4.84. The third kappa shape index (κ3) is 2.05. The summed E-state index contributed by atoms with van der Waals surface area (Å²) in [6.45, 7) is 1.90. The lowest BCUT2D eigenvalue weighted by Crippen LogP contribution is -1.91. The molecule has 0 aliphatic rings. The zero-order valence-electron chi connectivity index (χ0n) is 8.42. The Bertz CT molecular complexity index is 425. The van der Waals surface area contributed by atoms with E-state index in [1.165, 1.54) is 6.33 Å². The molecule has 0 aliphatic carbocycles. The Morgan fingerprint density at radius 1 is 1.33 bits per heavy atom. The molecule has 2 aromatic rings. The molecule has 78 valence electrons. The minimum atomic E-state index is -0.539. The van der Waals surface area contributed by atoms with Crippen LogP contribution in [0.15, 0.2) is 35.3 Å². The second-order valence-corrected chi connectivity index (χ2v) is 3.25. The predicted octanol–water partition coefficient (Wildman–Crippen LogP) is 2.18. The molecule has 0 radical (unpaired) electrons. The normalized spacial score (nSPS) is 12.7. The van der Waals surface area contributed by atoms with Crippen molar-refractivity contribution in [2.45, 2.75) is 19.4 Å². The maximum absolute atomic E-state index is 9.56. The molecule has 1 atom stereocenters. The van der Waals surface area contributed by atoms with E-state index >= 15 is 0 Å². The number of hydrogen-bond donors (Lipinski definition) is 1. The second-order valence-electron chi connectivity index (χ2n) is 3.25. The summed E-state index contributed by atoms with van der Waals surface area (Å²) in [6, 6.07) is 3.59. The fourth-order valence-electron chi connectivity index (χ4n) is 1.31. The van der Waals surface area contributed by atoms with Crippen molar-refractivity contribution in [2.75, 3.05) is 0 Å². The van der Waals surface area contributed by atoms with E-state index < -0.39 is 6.10 Å². The monoisotopic (exact) mass is 204 g/mol. The third-order valence-corrected chi connectivity index (χ3v) is 2.19. The Morgan fingerprint density at radius 2 is 2.07 bits per heavy atom. The van der Waals surface area contributed by atoms with Gasteiger partial charge >= 0.3 is 0 Å². The number of furan rings is 1. The van der Waals surface area contributed by atoms with Gasteiger partial charge in [-0.05, 0) is 18.6 Å². The van der Waals surface area contributed by atoms with Crippen molar-refractivity contribution in [1.82, 2.24) is 9.97 Å². The van der Waals surface area contributed by atoms with Gasteiger partial charge in [0, 0.05) is 12.4 Å². The fourth-order valence-corrected chi connectivity index (χ4v) is 1.31. The minimum absolute atomic E-state index is 0.539. The van der Waals surface area contributed by atoms with Crippen molar-refractivity contribution in [1.29, 1.82) is 0 Å². The molecule has 1 N–H and O–H groups in total.